The van der Waals surface area contributed by atoms with Gasteiger partial charge in [0.05, 0.1) is 5.75 Å². The Balaban J connectivity index is 1.61. The van der Waals surface area contributed by atoms with Crippen LogP contribution in [0.2, 0.25) is 0 Å². The lowest BCUT2D eigenvalue weighted by molar-refractivity contribution is -0.113. The summed E-state index contributed by atoms with van der Waals surface area (Å²) in [6, 6.07) is 11.9. The molecule has 0 spiro atoms. The van der Waals surface area contributed by atoms with Gasteiger partial charge in [-0.25, -0.2) is 0 Å². The van der Waals surface area contributed by atoms with Crippen LogP contribution in [0.5, 0.6) is 5.75 Å². The number of ether oxygens (including phenoxy) is 1. The molecule has 3 aromatic rings. The summed E-state index contributed by atoms with van der Waals surface area (Å²) in [6.45, 7) is 10.1. The van der Waals surface area contributed by atoms with Gasteiger partial charge in [-0.2, -0.15) is 0 Å². The first-order valence-corrected chi connectivity index (χ1v) is 10.9. The van der Waals surface area contributed by atoms with Crippen molar-refractivity contribution >= 4 is 23.4 Å². The van der Waals surface area contributed by atoms with Gasteiger partial charge >= 0.3 is 0 Å². The zero-order valence-corrected chi connectivity index (χ0v) is 19.1. The summed E-state index contributed by atoms with van der Waals surface area (Å²) in [5, 5.41) is 12.2. The normalized spacial score (nSPS) is 11.9. The third-order valence-corrected chi connectivity index (χ3v) is 6.25. The molecule has 0 saturated heterocycles. The Morgan fingerprint density at radius 1 is 1.10 bits per heavy atom. The van der Waals surface area contributed by atoms with Gasteiger partial charge in [0.25, 0.3) is 0 Å². The molecular weight excluding hydrogens is 396 g/mol. The number of thioether (sulfide) groups is 1. The lowest BCUT2D eigenvalue weighted by Crippen LogP contribution is -2.15. The minimum Gasteiger partial charge on any atom is -0.483 e. The van der Waals surface area contributed by atoms with E-state index in [1.54, 1.807) is 0 Å². The second kappa shape index (κ2) is 9.34. The molecule has 0 bridgehead atoms. The molecule has 1 aromatic heterocycles. The highest BCUT2D eigenvalue weighted by molar-refractivity contribution is 7.99. The number of amides is 1. The number of hydrogen-bond acceptors (Lipinski definition) is 5. The third-order valence-electron chi connectivity index (χ3n) is 5.23. The molecule has 158 valence electrons. The van der Waals surface area contributed by atoms with E-state index < -0.39 is 0 Å². The SMILES string of the molecule is Cc1ccc(OC(C)c2nnc(SCC(=O)Nc3cccc(C)c3C)n2C)cc1C. The average Bonchev–Trinajstić information content (AvgIpc) is 3.07. The molecule has 1 atom stereocenters. The summed E-state index contributed by atoms with van der Waals surface area (Å²) in [5.74, 6) is 1.70. The van der Waals surface area contributed by atoms with E-state index in [1.165, 1.54) is 22.9 Å². The molecule has 3 rings (SSSR count). The number of benzene rings is 2. The van der Waals surface area contributed by atoms with Crippen LogP contribution in [0.3, 0.4) is 0 Å². The monoisotopic (exact) mass is 424 g/mol. The van der Waals surface area contributed by atoms with Crippen molar-refractivity contribution in [1.29, 1.82) is 0 Å². The van der Waals surface area contributed by atoms with Crippen LogP contribution in [0.4, 0.5) is 5.69 Å². The Bertz CT molecular complexity index is 1060. The van der Waals surface area contributed by atoms with Crippen molar-refractivity contribution in [2.24, 2.45) is 7.05 Å². The Morgan fingerprint density at radius 3 is 2.60 bits per heavy atom. The van der Waals surface area contributed by atoms with E-state index in [-0.39, 0.29) is 17.8 Å². The van der Waals surface area contributed by atoms with Crippen molar-refractivity contribution < 1.29 is 9.53 Å². The first kappa shape index (κ1) is 21.9. The minimum atomic E-state index is -0.261. The van der Waals surface area contributed by atoms with E-state index >= 15 is 0 Å². The molecule has 1 heterocycles. The average molecular weight is 425 g/mol. The number of hydrogen-bond donors (Lipinski definition) is 1. The highest BCUT2D eigenvalue weighted by Crippen LogP contribution is 2.25. The predicted octanol–water partition coefficient (Wildman–Crippen LogP) is 4.92. The summed E-state index contributed by atoms with van der Waals surface area (Å²) in [4.78, 5) is 12.4. The van der Waals surface area contributed by atoms with Gasteiger partial charge in [-0.15, -0.1) is 10.2 Å². The van der Waals surface area contributed by atoms with Gasteiger partial charge in [-0.3, -0.25) is 4.79 Å². The molecule has 1 N–H and O–H groups in total. The molecule has 0 radical (unpaired) electrons. The molecule has 7 heteroatoms. The summed E-state index contributed by atoms with van der Waals surface area (Å²) < 4.78 is 7.92. The molecule has 6 nitrogen and oxygen atoms in total. The fraction of sp³-hybridized carbons (Fsp3) is 0.348. The van der Waals surface area contributed by atoms with Crippen LogP contribution in [0, 0.1) is 27.7 Å². The Hall–Kier alpha value is -2.80. The van der Waals surface area contributed by atoms with E-state index in [9.17, 15) is 4.79 Å². The summed E-state index contributed by atoms with van der Waals surface area (Å²) in [7, 11) is 1.89. The standard InChI is InChI=1S/C23H28N4O2S/c1-14-10-11-19(12-16(14)3)29-18(5)22-25-26-23(27(22)6)30-13-21(28)24-20-9-7-8-15(2)17(20)4/h7-12,18H,13H2,1-6H3,(H,24,28). The van der Waals surface area contributed by atoms with Gasteiger partial charge in [-0.05, 0) is 75.1 Å². The second-order valence-electron chi connectivity index (χ2n) is 7.49. The molecule has 0 aliphatic carbocycles. The van der Waals surface area contributed by atoms with Crippen molar-refractivity contribution in [3.8, 4) is 5.75 Å². The summed E-state index contributed by atoms with van der Waals surface area (Å²) in [6.07, 6.45) is -0.261. The van der Waals surface area contributed by atoms with Gasteiger partial charge in [0.1, 0.15) is 5.75 Å². The number of nitrogens with one attached hydrogen (secondary N) is 1. The second-order valence-corrected chi connectivity index (χ2v) is 8.43. The number of nitrogens with zero attached hydrogens (tertiary/aromatic N) is 3. The Labute approximate surface area is 182 Å². The van der Waals surface area contributed by atoms with Crippen LogP contribution in [0.1, 0.15) is 41.1 Å². The first-order valence-electron chi connectivity index (χ1n) is 9.88. The molecule has 30 heavy (non-hydrogen) atoms. The third kappa shape index (κ3) is 5.02. The largest absolute Gasteiger partial charge is 0.483 e. The van der Waals surface area contributed by atoms with E-state index in [2.05, 4.69) is 29.4 Å². The lowest BCUT2D eigenvalue weighted by atomic mass is 10.1. The molecule has 0 aliphatic heterocycles. The van der Waals surface area contributed by atoms with Crippen LogP contribution in [0.25, 0.3) is 0 Å². The molecule has 0 fully saturated rings. The molecule has 0 aliphatic rings. The van der Waals surface area contributed by atoms with E-state index in [0.29, 0.717) is 11.0 Å². The molecule has 0 saturated carbocycles. The van der Waals surface area contributed by atoms with E-state index in [4.69, 9.17) is 4.74 Å². The topological polar surface area (TPSA) is 69.0 Å². The van der Waals surface area contributed by atoms with Crippen molar-refractivity contribution in [3.05, 3.63) is 64.5 Å². The van der Waals surface area contributed by atoms with Gasteiger partial charge < -0.3 is 14.6 Å². The number of aryl methyl sites for hydroxylation is 3. The smallest absolute Gasteiger partial charge is 0.234 e. The van der Waals surface area contributed by atoms with Crippen LogP contribution >= 0.6 is 11.8 Å². The maximum Gasteiger partial charge on any atom is 0.234 e. The van der Waals surface area contributed by atoms with Crippen molar-refractivity contribution in [2.45, 2.75) is 45.9 Å². The lowest BCUT2D eigenvalue weighted by Gasteiger charge is -2.15. The van der Waals surface area contributed by atoms with Crippen LogP contribution < -0.4 is 10.1 Å². The minimum absolute atomic E-state index is 0.0716. The number of rotatable bonds is 7. The summed E-state index contributed by atoms with van der Waals surface area (Å²) in [5.41, 5.74) is 5.48. The quantitative estimate of drug-likeness (QED) is 0.545. The zero-order valence-electron chi connectivity index (χ0n) is 18.3. The number of carbonyl (C=O) groups is 1. The fourth-order valence-electron chi connectivity index (χ4n) is 3.05. The van der Waals surface area contributed by atoms with Gasteiger partial charge in [-0.1, -0.05) is 30.0 Å². The zero-order chi connectivity index (χ0) is 21.8. The highest BCUT2D eigenvalue weighted by Gasteiger charge is 2.18. The number of carbonyl (C=O) groups excluding carboxylic acids is 1. The van der Waals surface area contributed by atoms with Crippen LogP contribution in [-0.4, -0.2) is 26.4 Å². The van der Waals surface area contributed by atoms with Crippen LogP contribution in [-0.2, 0) is 11.8 Å². The van der Waals surface area contributed by atoms with Crippen molar-refractivity contribution in [3.63, 3.8) is 0 Å². The number of aromatic nitrogens is 3. The molecule has 2 aromatic carbocycles. The highest BCUT2D eigenvalue weighted by atomic mass is 32.2. The van der Waals surface area contributed by atoms with Crippen molar-refractivity contribution in [2.75, 3.05) is 11.1 Å². The maximum absolute atomic E-state index is 12.4. The fourth-order valence-corrected chi connectivity index (χ4v) is 3.77. The number of anilines is 1. The van der Waals surface area contributed by atoms with Gasteiger partial charge in [0.15, 0.2) is 17.1 Å². The molecular formula is C23H28N4O2S. The maximum atomic E-state index is 12.4. The van der Waals surface area contributed by atoms with Gasteiger partial charge in [0.2, 0.25) is 5.91 Å². The first-order chi connectivity index (χ1) is 14.3. The molecule has 1 unspecified atom stereocenters. The summed E-state index contributed by atoms with van der Waals surface area (Å²) >= 11 is 1.36. The van der Waals surface area contributed by atoms with E-state index in [1.807, 2.05) is 68.8 Å². The van der Waals surface area contributed by atoms with Crippen LogP contribution in [0.15, 0.2) is 41.6 Å². The van der Waals surface area contributed by atoms with E-state index in [0.717, 1.165) is 22.6 Å². The van der Waals surface area contributed by atoms with Crippen molar-refractivity contribution in [1.82, 2.24) is 14.8 Å². The molecule has 1 amide bonds. The van der Waals surface area contributed by atoms with Gasteiger partial charge in [0, 0.05) is 12.7 Å². The Morgan fingerprint density at radius 2 is 1.87 bits per heavy atom. The predicted molar refractivity (Wildman–Crippen MR) is 121 cm³/mol. The Kier molecular flexibility index (Phi) is 6.82.